The number of unbranched alkanes of at least 4 members (excludes halogenated alkanes) is 6. The van der Waals surface area contributed by atoms with Crippen LogP contribution in [0.1, 0.15) is 51.4 Å². The second kappa shape index (κ2) is 11.2. The Morgan fingerprint density at radius 2 is 1.31 bits per heavy atom. The van der Waals surface area contributed by atoms with E-state index in [1.807, 2.05) is 18.3 Å². The van der Waals surface area contributed by atoms with Gasteiger partial charge in [0.05, 0.1) is 11.9 Å². The number of carbonyl (C=O) groups is 1. The van der Waals surface area contributed by atoms with Gasteiger partial charge in [0.2, 0.25) is 0 Å². The summed E-state index contributed by atoms with van der Waals surface area (Å²) in [5.41, 5.74) is 4.75. The van der Waals surface area contributed by atoms with Gasteiger partial charge in [0.15, 0.2) is 0 Å². The molecule has 1 N–H and O–H groups in total. The molecule has 0 bridgehead atoms. The lowest BCUT2D eigenvalue weighted by atomic mass is 10.0. The number of hydrogen-bond donors (Lipinski definition) is 1. The number of benzene rings is 2. The lowest BCUT2D eigenvalue weighted by Gasteiger charge is -2.10. The highest BCUT2D eigenvalue weighted by Crippen LogP contribution is 2.32. The molecule has 0 atom stereocenters. The molecule has 0 aliphatic carbocycles. The van der Waals surface area contributed by atoms with Gasteiger partial charge in [0.25, 0.3) is 0 Å². The number of carboxylic acid groups (broad SMARTS) is 1. The molecule has 1 heterocycles. The van der Waals surface area contributed by atoms with Gasteiger partial charge in [0, 0.05) is 24.1 Å². The predicted molar refractivity (Wildman–Crippen MR) is 118 cm³/mol. The molecule has 1 aromatic heterocycles. The highest BCUT2D eigenvalue weighted by molar-refractivity contribution is 5.80. The third-order valence-electron chi connectivity index (χ3n) is 5.23. The predicted octanol–water partition coefficient (Wildman–Crippen LogP) is 6.42. The van der Waals surface area contributed by atoms with Crippen LogP contribution in [-0.2, 0) is 11.3 Å². The monoisotopic (exact) mass is 390 g/mol. The number of carboxylic acids is 1. The maximum Gasteiger partial charge on any atom is 0.303 e. The Morgan fingerprint density at radius 3 is 1.93 bits per heavy atom. The number of aliphatic carboxylic acids is 1. The van der Waals surface area contributed by atoms with Crippen LogP contribution >= 0.6 is 0 Å². The van der Waals surface area contributed by atoms with Crippen molar-refractivity contribution < 1.29 is 9.90 Å². The molecular formula is C25H30N2O2. The zero-order valence-electron chi connectivity index (χ0n) is 17.0. The van der Waals surface area contributed by atoms with Gasteiger partial charge in [-0.1, -0.05) is 92.8 Å². The first-order valence-electron chi connectivity index (χ1n) is 10.6. The molecule has 4 nitrogen and oxygen atoms in total. The van der Waals surface area contributed by atoms with Gasteiger partial charge in [-0.2, -0.15) is 5.10 Å². The van der Waals surface area contributed by atoms with E-state index in [0.717, 1.165) is 32.2 Å². The second-order valence-corrected chi connectivity index (χ2v) is 7.48. The van der Waals surface area contributed by atoms with E-state index in [4.69, 9.17) is 10.2 Å². The summed E-state index contributed by atoms with van der Waals surface area (Å²) in [5.74, 6) is -0.687. The molecule has 3 rings (SSSR count). The summed E-state index contributed by atoms with van der Waals surface area (Å²) in [6.45, 7) is 0.913. The summed E-state index contributed by atoms with van der Waals surface area (Å²) in [6, 6.07) is 20.9. The number of rotatable bonds is 12. The van der Waals surface area contributed by atoms with Crippen LogP contribution in [0.15, 0.2) is 66.9 Å². The molecule has 29 heavy (non-hydrogen) atoms. The van der Waals surface area contributed by atoms with E-state index < -0.39 is 5.97 Å². The number of nitrogens with zero attached hydrogens (tertiary/aromatic N) is 2. The summed E-state index contributed by atoms with van der Waals surface area (Å²) < 4.78 is 2.14. The topological polar surface area (TPSA) is 55.1 Å². The fraction of sp³-hybridized carbons (Fsp3) is 0.360. The first-order chi connectivity index (χ1) is 14.3. The first kappa shape index (κ1) is 20.8. The van der Waals surface area contributed by atoms with Gasteiger partial charge in [-0.05, 0) is 18.4 Å². The third kappa shape index (κ3) is 6.31. The Hall–Kier alpha value is -2.88. The van der Waals surface area contributed by atoms with Crippen molar-refractivity contribution in [1.29, 1.82) is 0 Å². The largest absolute Gasteiger partial charge is 0.481 e. The smallest absolute Gasteiger partial charge is 0.303 e. The average molecular weight is 391 g/mol. The van der Waals surface area contributed by atoms with Gasteiger partial charge < -0.3 is 5.11 Å². The zero-order chi connectivity index (χ0) is 20.3. The van der Waals surface area contributed by atoms with E-state index in [1.54, 1.807) is 0 Å². The highest BCUT2D eigenvalue weighted by Gasteiger charge is 2.14. The molecular weight excluding hydrogens is 360 g/mol. The van der Waals surface area contributed by atoms with Crippen molar-refractivity contribution in [2.24, 2.45) is 0 Å². The van der Waals surface area contributed by atoms with E-state index in [2.05, 4.69) is 53.2 Å². The lowest BCUT2D eigenvalue weighted by Crippen LogP contribution is -2.03. The molecule has 0 saturated carbocycles. The Labute approximate surface area is 173 Å². The van der Waals surface area contributed by atoms with Crippen LogP contribution < -0.4 is 0 Å². The number of aryl methyl sites for hydroxylation is 1. The fourth-order valence-electron chi connectivity index (χ4n) is 3.71. The number of hydrogen-bond acceptors (Lipinski definition) is 2. The summed E-state index contributed by atoms with van der Waals surface area (Å²) in [5, 5.41) is 13.4. The quantitative estimate of drug-likeness (QED) is 0.363. The molecule has 3 aromatic rings. The van der Waals surface area contributed by atoms with Crippen molar-refractivity contribution in [3.8, 4) is 22.4 Å². The Bertz CT molecular complexity index is 872. The average Bonchev–Trinajstić information content (AvgIpc) is 3.17. The highest BCUT2D eigenvalue weighted by atomic mass is 16.4. The van der Waals surface area contributed by atoms with Gasteiger partial charge in [0.1, 0.15) is 0 Å². The maximum absolute atomic E-state index is 10.5. The van der Waals surface area contributed by atoms with Crippen LogP contribution in [0.4, 0.5) is 0 Å². The van der Waals surface area contributed by atoms with Crippen molar-refractivity contribution in [3.05, 3.63) is 66.9 Å². The van der Waals surface area contributed by atoms with E-state index in [-0.39, 0.29) is 0 Å². The van der Waals surface area contributed by atoms with E-state index in [9.17, 15) is 4.79 Å². The first-order valence-corrected chi connectivity index (χ1v) is 10.6. The van der Waals surface area contributed by atoms with Crippen molar-refractivity contribution in [2.45, 2.75) is 57.9 Å². The molecule has 2 aromatic carbocycles. The van der Waals surface area contributed by atoms with Crippen LogP contribution in [0.5, 0.6) is 0 Å². The molecule has 0 fully saturated rings. The number of aromatic nitrogens is 2. The minimum Gasteiger partial charge on any atom is -0.481 e. The van der Waals surface area contributed by atoms with Crippen LogP contribution in [0.3, 0.4) is 0 Å². The second-order valence-electron chi connectivity index (χ2n) is 7.48. The maximum atomic E-state index is 10.5. The van der Waals surface area contributed by atoms with Gasteiger partial charge >= 0.3 is 5.97 Å². The van der Waals surface area contributed by atoms with Crippen LogP contribution in [-0.4, -0.2) is 20.9 Å². The summed E-state index contributed by atoms with van der Waals surface area (Å²) in [7, 11) is 0. The van der Waals surface area contributed by atoms with Crippen molar-refractivity contribution in [3.63, 3.8) is 0 Å². The van der Waals surface area contributed by atoms with Gasteiger partial charge in [-0.3, -0.25) is 9.48 Å². The molecule has 0 radical (unpaired) electrons. The molecule has 0 aliphatic heterocycles. The summed E-state index contributed by atoms with van der Waals surface area (Å²) in [6.07, 6.45) is 9.88. The zero-order valence-corrected chi connectivity index (χ0v) is 17.0. The van der Waals surface area contributed by atoms with Crippen molar-refractivity contribution in [2.75, 3.05) is 0 Å². The standard InChI is InChI=1S/C25H30N2O2/c28-24(29)18-12-4-2-1-3-5-13-19-27-25(22-16-10-7-11-17-22)23(20-26-27)21-14-8-6-9-15-21/h6-11,14-17,20H,1-5,12-13,18-19H2,(H,28,29). The molecule has 4 heteroatoms. The summed E-state index contributed by atoms with van der Waals surface area (Å²) >= 11 is 0. The lowest BCUT2D eigenvalue weighted by molar-refractivity contribution is -0.137. The van der Waals surface area contributed by atoms with Crippen LogP contribution in [0.25, 0.3) is 22.4 Å². The molecule has 0 amide bonds. The van der Waals surface area contributed by atoms with Crippen molar-refractivity contribution in [1.82, 2.24) is 9.78 Å². The Morgan fingerprint density at radius 1 is 0.759 bits per heavy atom. The fourth-order valence-corrected chi connectivity index (χ4v) is 3.71. The van der Waals surface area contributed by atoms with Crippen molar-refractivity contribution >= 4 is 5.97 Å². The van der Waals surface area contributed by atoms with E-state index in [0.29, 0.717) is 6.42 Å². The minimum atomic E-state index is -0.687. The molecule has 0 unspecified atom stereocenters. The molecule has 0 spiro atoms. The van der Waals surface area contributed by atoms with Gasteiger partial charge in [-0.15, -0.1) is 0 Å². The SMILES string of the molecule is O=C(O)CCCCCCCCCn1ncc(-c2ccccc2)c1-c1ccccc1. The van der Waals surface area contributed by atoms with Crippen LogP contribution in [0.2, 0.25) is 0 Å². The van der Waals surface area contributed by atoms with Gasteiger partial charge in [-0.25, -0.2) is 0 Å². The normalized spacial score (nSPS) is 10.9. The molecule has 0 saturated heterocycles. The minimum absolute atomic E-state index is 0.297. The van der Waals surface area contributed by atoms with E-state index in [1.165, 1.54) is 41.6 Å². The summed E-state index contributed by atoms with van der Waals surface area (Å²) in [4.78, 5) is 10.5. The Balaban J connectivity index is 1.56. The molecule has 152 valence electrons. The third-order valence-corrected chi connectivity index (χ3v) is 5.23. The Kier molecular flexibility index (Phi) is 8.05. The molecule has 0 aliphatic rings. The van der Waals surface area contributed by atoms with E-state index >= 15 is 0 Å². The van der Waals surface area contributed by atoms with Crippen LogP contribution in [0, 0.1) is 0 Å².